The highest BCUT2D eigenvalue weighted by Crippen LogP contribution is 2.14. The van der Waals surface area contributed by atoms with Gasteiger partial charge in [0.15, 0.2) is 0 Å². The van der Waals surface area contributed by atoms with Crippen molar-refractivity contribution in [1.82, 2.24) is 10.6 Å². The summed E-state index contributed by atoms with van der Waals surface area (Å²) >= 11 is 0. The third kappa shape index (κ3) is 6.13. The van der Waals surface area contributed by atoms with Crippen molar-refractivity contribution in [3.8, 4) is 0 Å². The smallest absolute Gasteiger partial charge is 0.0588 e. The van der Waals surface area contributed by atoms with Crippen LogP contribution in [0.2, 0.25) is 0 Å². The summed E-state index contributed by atoms with van der Waals surface area (Å²) in [4.78, 5) is 0. The highest BCUT2D eigenvalue weighted by Gasteiger charge is 2.14. The largest absolute Gasteiger partial charge is 0.378 e. The quantitative estimate of drug-likeness (QED) is 0.599. The second kappa shape index (κ2) is 8.08. The Balaban J connectivity index is 1.87. The predicted octanol–water partition coefficient (Wildman–Crippen LogP) is 1.39. The molecule has 2 N–H and O–H groups in total. The van der Waals surface area contributed by atoms with Crippen LogP contribution in [0.4, 0.5) is 0 Å². The minimum atomic E-state index is 0.529. The van der Waals surface area contributed by atoms with Gasteiger partial charge in [-0.3, -0.25) is 0 Å². The maximum atomic E-state index is 5.57. The zero-order chi connectivity index (χ0) is 10.9. The van der Waals surface area contributed by atoms with Gasteiger partial charge in [-0.05, 0) is 51.4 Å². The lowest BCUT2D eigenvalue weighted by atomic mass is 10.1. The summed E-state index contributed by atoms with van der Waals surface area (Å²) in [6.45, 7) is 9.80. The molecule has 1 aliphatic heterocycles. The Morgan fingerprint density at radius 1 is 1.33 bits per heavy atom. The topological polar surface area (TPSA) is 33.3 Å². The molecular weight excluding hydrogens is 188 g/mol. The van der Waals surface area contributed by atoms with Crippen LogP contribution in [0, 0.1) is 5.92 Å². The summed E-state index contributed by atoms with van der Waals surface area (Å²) in [6, 6.07) is 0. The molecule has 1 saturated heterocycles. The molecule has 2 atom stereocenters. The van der Waals surface area contributed by atoms with Crippen LogP contribution in [0.1, 0.15) is 33.1 Å². The summed E-state index contributed by atoms with van der Waals surface area (Å²) in [7, 11) is 0. The monoisotopic (exact) mass is 214 g/mol. The normalized spacial score (nSPS) is 23.2. The van der Waals surface area contributed by atoms with E-state index >= 15 is 0 Å². The zero-order valence-electron chi connectivity index (χ0n) is 10.2. The fourth-order valence-corrected chi connectivity index (χ4v) is 1.95. The molecule has 0 saturated carbocycles. The minimum absolute atomic E-state index is 0.529. The highest BCUT2D eigenvalue weighted by atomic mass is 16.5. The SMILES string of the molecule is CCNCC(C)CNCCC1CCCO1. The van der Waals surface area contributed by atoms with E-state index in [1.165, 1.54) is 19.3 Å². The van der Waals surface area contributed by atoms with Crippen molar-refractivity contribution in [3.63, 3.8) is 0 Å². The Labute approximate surface area is 94.0 Å². The van der Waals surface area contributed by atoms with Crippen molar-refractivity contribution in [1.29, 1.82) is 0 Å². The fraction of sp³-hybridized carbons (Fsp3) is 1.00. The summed E-state index contributed by atoms with van der Waals surface area (Å²) in [6.07, 6.45) is 4.21. The van der Waals surface area contributed by atoms with Gasteiger partial charge >= 0.3 is 0 Å². The molecule has 0 aromatic heterocycles. The number of rotatable bonds is 8. The van der Waals surface area contributed by atoms with E-state index in [1.807, 2.05) is 0 Å². The van der Waals surface area contributed by atoms with Gasteiger partial charge in [-0.2, -0.15) is 0 Å². The molecule has 3 heteroatoms. The maximum Gasteiger partial charge on any atom is 0.0588 e. The first kappa shape index (κ1) is 12.9. The molecule has 0 aliphatic carbocycles. The summed E-state index contributed by atoms with van der Waals surface area (Å²) < 4.78 is 5.57. The van der Waals surface area contributed by atoms with Crippen molar-refractivity contribution in [3.05, 3.63) is 0 Å². The van der Waals surface area contributed by atoms with E-state index in [0.717, 1.165) is 38.7 Å². The lowest BCUT2D eigenvalue weighted by Gasteiger charge is -2.14. The highest BCUT2D eigenvalue weighted by molar-refractivity contribution is 4.67. The van der Waals surface area contributed by atoms with E-state index in [-0.39, 0.29) is 0 Å². The van der Waals surface area contributed by atoms with Crippen molar-refractivity contribution >= 4 is 0 Å². The standard InChI is InChI=1S/C12H26N2O/c1-3-13-9-11(2)10-14-7-6-12-5-4-8-15-12/h11-14H,3-10H2,1-2H3. The predicted molar refractivity (Wildman–Crippen MR) is 64.2 cm³/mol. The molecule has 0 spiro atoms. The molecular formula is C12H26N2O. The van der Waals surface area contributed by atoms with Crippen LogP contribution >= 0.6 is 0 Å². The van der Waals surface area contributed by atoms with Gasteiger partial charge in [0.05, 0.1) is 6.10 Å². The van der Waals surface area contributed by atoms with Crippen molar-refractivity contribution in [2.24, 2.45) is 5.92 Å². The molecule has 0 aromatic rings. The van der Waals surface area contributed by atoms with E-state index in [0.29, 0.717) is 6.10 Å². The lowest BCUT2D eigenvalue weighted by molar-refractivity contribution is 0.104. The van der Waals surface area contributed by atoms with Gasteiger partial charge in [0.2, 0.25) is 0 Å². The van der Waals surface area contributed by atoms with Crippen molar-refractivity contribution in [2.75, 3.05) is 32.8 Å². The van der Waals surface area contributed by atoms with E-state index < -0.39 is 0 Å². The minimum Gasteiger partial charge on any atom is -0.378 e. The number of ether oxygens (including phenoxy) is 1. The van der Waals surface area contributed by atoms with Crippen LogP contribution in [0.25, 0.3) is 0 Å². The first-order chi connectivity index (χ1) is 7.33. The average molecular weight is 214 g/mol. The second-order valence-electron chi connectivity index (χ2n) is 4.54. The van der Waals surface area contributed by atoms with Gasteiger partial charge in [-0.15, -0.1) is 0 Å². The Morgan fingerprint density at radius 3 is 2.80 bits per heavy atom. The molecule has 2 unspecified atom stereocenters. The Bertz CT molecular complexity index is 147. The van der Waals surface area contributed by atoms with Gasteiger partial charge in [-0.1, -0.05) is 13.8 Å². The molecule has 0 amide bonds. The maximum absolute atomic E-state index is 5.57. The third-order valence-corrected chi connectivity index (χ3v) is 2.90. The zero-order valence-corrected chi connectivity index (χ0v) is 10.2. The molecule has 3 nitrogen and oxygen atoms in total. The van der Waals surface area contributed by atoms with Crippen LogP contribution < -0.4 is 10.6 Å². The van der Waals surface area contributed by atoms with Gasteiger partial charge < -0.3 is 15.4 Å². The van der Waals surface area contributed by atoms with Crippen LogP contribution in [0.15, 0.2) is 0 Å². The molecule has 0 aromatic carbocycles. The Kier molecular flexibility index (Phi) is 6.98. The number of hydrogen-bond donors (Lipinski definition) is 2. The van der Waals surface area contributed by atoms with Crippen molar-refractivity contribution in [2.45, 2.75) is 39.2 Å². The Morgan fingerprint density at radius 2 is 2.13 bits per heavy atom. The van der Waals surface area contributed by atoms with Gasteiger partial charge in [0, 0.05) is 6.61 Å². The van der Waals surface area contributed by atoms with Crippen LogP contribution in [0.3, 0.4) is 0 Å². The molecule has 1 aliphatic rings. The molecule has 1 rings (SSSR count). The first-order valence-corrected chi connectivity index (χ1v) is 6.36. The second-order valence-corrected chi connectivity index (χ2v) is 4.54. The average Bonchev–Trinajstić information content (AvgIpc) is 2.74. The van der Waals surface area contributed by atoms with Gasteiger partial charge in [0.25, 0.3) is 0 Å². The van der Waals surface area contributed by atoms with Crippen LogP contribution in [-0.4, -0.2) is 38.9 Å². The number of hydrogen-bond acceptors (Lipinski definition) is 3. The first-order valence-electron chi connectivity index (χ1n) is 6.36. The van der Waals surface area contributed by atoms with E-state index in [4.69, 9.17) is 4.74 Å². The van der Waals surface area contributed by atoms with Gasteiger partial charge in [0.1, 0.15) is 0 Å². The van der Waals surface area contributed by atoms with Gasteiger partial charge in [-0.25, -0.2) is 0 Å². The van der Waals surface area contributed by atoms with E-state index in [2.05, 4.69) is 24.5 Å². The van der Waals surface area contributed by atoms with Crippen LogP contribution in [-0.2, 0) is 4.74 Å². The van der Waals surface area contributed by atoms with E-state index in [1.54, 1.807) is 0 Å². The molecule has 1 fully saturated rings. The summed E-state index contributed by atoms with van der Waals surface area (Å²) in [5.74, 6) is 0.717. The molecule has 0 radical (unpaired) electrons. The van der Waals surface area contributed by atoms with E-state index in [9.17, 15) is 0 Å². The summed E-state index contributed by atoms with van der Waals surface area (Å²) in [5.41, 5.74) is 0. The molecule has 0 bridgehead atoms. The van der Waals surface area contributed by atoms with Crippen LogP contribution in [0.5, 0.6) is 0 Å². The Hall–Kier alpha value is -0.120. The number of nitrogens with one attached hydrogen (secondary N) is 2. The fourth-order valence-electron chi connectivity index (χ4n) is 1.95. The lowest BCUT2D eigenvalue weighted by Crippen LogP contribution is -2.31. The molecule has 15 heavy (non-hydrogen) atoms. The summed E-state index contributed by atoms with van der Waals surface area (Å²) in [5, 5.41) is 6.87. The molecule has 1 heterocycles. The molecule has 90 valence electrons. The van der Waals surface area contributed by atoms with Crippen molar-refractivity contribution < 1.29 is 4.74 Å². The third-order valence-electron chi connectivity index (χ3n) is 2.90.